The molecule has 2 aromatic carbocycles. The standard InChI is InChI=1S/C23H24ClFN2O/c1-15(2)12-23(24,13-17-8-5-4-6-9-17)22(28)27-20-14-26-21-18(16(20)3)10-7-11-19(21)25/h4-11,14-15H,12-13H2,1-3H3,(H,27,28)/t23-/m1/s1. The number of amides is 1. The fraction of sp³-hybridized carbons (Fsp3) is 0.304. The molecule has 3 aromatic rings. The molecule has 1 atom stereocenters. The van der Waals surface area contributed by atoms with E-state index in [4.69, 9.17) is 11.6 Å². The van der Waals surface area contributed by atoms with Crippen molar-refractivity contribution in [2.75, 3.05) is 5.32 Å². The van der Waals surface area contributed by atoms with Crippen LogP contribution in [0.4, 0.5) is 10.1 Å². The molecule has 1 aromatic heterocycles. The van der Waals surface area contributed by atoms with E-state index in [1.165, 1.54) is 12.3 Å². The Kier molecular flexibility index (Phi) is 5.99. The van der Waals surface area contributed by atoms with Crippen LogP contribution in [0.25, 0.3) is 10.9 Å². The number of halogens is 2. The Hall–Kier alpha value is -2.46. The molecule has 3 nitrogen and oxygen atoms in total. The van der Waals surface area contributed by atoms with Crippen molar-refractivity contribution in [2.45, 2.75) is 38.5 Å². The maximum absolute atomic E-state index is 14.0. The Bertz CT molecular complexity index is 991. The predicted molar refractivity (Wildman–Crippen MR) is 113 cm³/mol. The molecule has 0 aliphatic carbocycles. The number of fused-ring (bicyclic) bond motifs is 1. The van der Waals surface area contributed by atoms with Gasteiger partial charge in [-0.1, -0.05) is 56.3 Å². The number of aryl methyl sites for hydroxylation is 1. The van der Waals surface area contributed by atoms with Gasteiger partial charge in [0.25, 0.3) is 0 Å². The van der Waals surface area contributed by atoms with E-state index in [1.807, 2.05) is 51.1 Å². The van der Waals surface area contributed by atoms with Gasteiger partial charge >= 0.3 is 0 Å². The first-order valence-electron chi connectivity index (χ1n) is 9.38. The first kappa shape index (κ1) is 20.3. The van der Waals surface area contributed by atoms with Crippen molar-refractivity contribution < 1.29 is 9.18 Å². The van der Waals surface area contributed by atoms with Crippen LogP contribution in [0.1, 0.15) is 31.4 Å². The molecule has 0 aliphatic heterocycles. The van der Waals surface area contributed by atoms with E-state index in [0.717, 1.165) is 11.1 Å². The van der Waals surface area contributed by atoms with Gasteiger partial charge < -0.3 is 5.32 Å². The number of pyridine rings is 1. The summed E-state index contributed by atoms with van der Waals surface area (Å²) in [7, 11) is 0. The number of alkyl halides is 1. The van der Waals surface area contributed by atoms with Crippen LogP contribution in [-0.2, 0) is 11.2 Å². The lowest BCUT2D eigenvalue weighted by molar-refractivity contribution is -0.119. The van der Waals surface area contributed by atoms with Crippen molar-refractivity contribution in [1.82, 2.24) is 4.98 Å². The molecule has 0 spiro atoms. The number of hydrogen-bond acceptors (Lipinski definition) is 2. The molecule has 1 amide bonds. The second-order valence-corrected chi connectivity index (χ2v) is 8.34. The summed E-state index contributed by atoms with van der Waals surface area (Å²) in [6, 6.07) is 14.6. The molecular formula is C23H24ClFN2O. The summed E-state index contributed by atoms with van der Waals surface area (Å²) in [4.78, 5) is 16.3. The van der Waals surface area contributed by atoms with Gasteiger partial charge in [-0.05, 0) is 36.5 Å². The average molecular weight is 399 g/mol. The lowest BCUT2D eigenvalue weighted by Gasteiger charge is -2.28. The van der Waals surface area contributed by atoms with E-state index in [9.17, 15) is 9.18 Å². The maximum Gasteiger partial charge on any atom is 0.245 e. The van der Waals surface area contributed by atoms with Crippen LogP contribution in [-0.4, -0.2) is 15.8 Å². The molecule has 0 aliphatic rings. The van der Waals surface area contributed by atoms with Crippen LogP contribution in [0, 0.1) is 18.7 Å². The summed E-state index contributed by atoms with van der Waals surface area (Å²) < 4.78 is 14.0. The van der Waals surface area contributed by atoms with Crippen LogP contribution in [0.3, 0.4) is 0 Å². The van der Waals surface area contributed by atoms with Crippen LogP contribution >= 0.6 is 11.6 Å². The van der Waals surface area contributed by atoms with E-state index in [2.05, 4.69) is 10.3 Å². The highest BCUT2D eigenvalue weighted by atomic mass is 35.5. The third-order valence-corrected chi connectivity index (χ3v) is 5.29. The minimum atomic E-state index is -1.08. The molecule has 0 saturated heterocycles. The molecule has 0 unspecified atom stereocenters. The minimum Gasteiger partial charge on any atom is -0.323 e. The monoisotopic (exact) mass is 398 g/mol. The maximum atomic E-state index is 14.0. The smallest absolute Gasteiger partial charge is 0.245 e. The van der Waals surface area contributed by atoms with Gasteiger partial charge in [-0.3, -0.25) is 9.78 Å². The van der Waals surface area contributed by atoms with Crippen molar-refractivity contribution >= 4 is 34.1 Å². The first-order valence-corrected chi connectivity index (χ1v) is 9.76. The minimum absolute atomic E-state index is 0.247. The second kappa shape index (κ2) is 8.27. The van der Waals surface area contributed by atoms with Crippen LogP contribution in [0.5, 0.6) is 0 Å². The summed E-state index contributed by atoms with van der Waals surface area (Å²) >= 11 is 6.87. The van der Waals surface area contributed by atoms with Crippen molar-refractivity contribution in [3.05, 3.63) is 71.7 Å². The summed E-state index contributed by atoms with van der Waals surface area (Å²) in [5.41, 5.74) is 2.61. The molecule has 0 bridgehead atoms. The number of para-hydroxylation sites is 1. The molecule has 0 radical (unpaired) electrons. The van der Waals surface area contributed by atoms with Gasteiger partial charge in [-0.15, -0.1) is 11.6 Å². The highest BCUT2D eigenvalue weighted by molar-refractivity contribution is 6.36. The Morgan fingerprint density at radius 3 is 2.57 bits per heavy atom. The number of anilines is 1. The second-order valence-electron chi connectivity index (χ2n) is 7.61. The van der Waals surface area contributed by atoms with Crippen molar-refractivity contribution in [1.29, 1.82) is 0 Å². The fourth-order valence-corrected chi connectivity index (χ4v) is 4.00. The summed E-state index contributed by atoms with van der Waals surface area (Å²) in [6.07, 6.45) is 2.45. The molecule has 1 N–H and O–H groups in total. The van der Waals surface area contributed by atoms with E-state index in [1.54, 1.807) is 12.1 Å². The number of nitrogens with one attached hydrogen (secondary N) is 1. The summed E-state index contributed by atoms with van der Waals surface area (Å²) in [5.74, 6) is -0.404. The number of aromatic nitrogens is 1. The van der Waals surface area contributed by atoms with Crippen molar-refractivity contribution in [2.24, 2.45) is 5.92 Å². The molecule has 5 heteroatoms. The van der Waals surface area contributed by atoms with Crippen LogP contribution in [0.15, 0.2) is 54.7 Å². The zero-order chi connectivity index (χ0) is 20.3. The lowest BCUT2D eigenvalue weighted by atomic mass is 9.89. The molecule has 1 heterocycles. The van der Waals surface area contributed by atoms with Gasteiger partial charge in [0, 0.05) is 11.8 Å². The number of nitrogens with zero attached hydrogens (tertiary/aromatic N) is 1. The lowest BCUT2D eigenvalue weighted by Crippen LogP contribution is -2.41. The number of carbonyl (C=O) groups is 1. The van der Waals surface area contributed by atoms with Gasteiger partial charge in [-0.25, -0.2) is 4.39 Å². The quantitative estimate of drug-likeness (QED) is 0.526. The molecule has 28 heavy (non-hydrogen) atoms. The number of hydrogen-bond donors (Lipinski definition) is 1. The Morgan fingerprint density at radius 2 is 1.89 bits per heavy atom. The normalized spacial score (nSPS) is 13.5. The Morgan fingerprint density at radius 1 is 1.18 bits per heavy atom. The topological polar surface area (TPSA) is 42.0 Å². The van der Waals surface area contributed by atoms with E-state index < -0.39 is 4.87 Å². The Labute approximate surface area is 169 Å². The largest absolute Gasteiger partial charge is 0.323 e. The Balaban J connectivity index is 1.91. The average Bonchev–Trinajstić information content (AvgIpc) is 2.64. The molecular weight excluding hydrogens is 375 g/mol. The fourth-order valence-electron chi connectivity index (χ4n) is 3.49. The van der Waals surface area contributed by atoms with Gasteiger partial charge in [-0.2, -0.15) is 0 Å². The number of carbonyl (C=O) groups excluding carboxylic acids is 1. The highest BCUT2D eigenvalue weighted by Gasteiger charge is 2.37. The van der Waals surface area contributed by atoms with E-state index >= 15 is 0 Å². The predicted octanol–water partition coefficient (Wildman–Crippen LogP) is 5.89. The van der Waals surface area contributed by atoms with Crippen LogP contribution in [0.2, 0.25) is 0 Å². The highest BCUT2D eigenvalue weighted by Crippen LogP contribution is 2.32. The van der Waals surface area contributed by atoms with Gasteiger partial charge in [0.15, 0.2) is 0 Å². The third kappa shape index (κ3) is 4.33. The molecule has 0 fully saturated rings. The molecule has 3 rings (SSSR count). The zero-order valence-corrected chi connectivity index (χ0v) is 17.1. The zero-order valence-electron chi connectivity index (χ0n) is 16.3. The van der Waals surface area contributed by atoms with E-state index in [-0.39, 0.29) is 17.6 Å². The van der Waals surface area contributed by atoms with Crippen LogP contribution < -0.4 is 5.32 Å². The number of benzene rings is 2. The van der Waals surface area contributed by atoms with Gasteiger partial charge in [0.05, 0.1) is 11.9 Å². The number of rotatable bonds is 6. The molecule has 0 saturated carbocycles. The first-order chi connectivity index (χ1) is 13.3. The van der Waals surface area contributed by atoms with Gasteiger partial charge in [0.2, 0.25) is 5.91 Å². The summed E-state index contributed by atoms with van der Waals surface area (Å²) in [6.45, 7) is 5.93. The van der Waals surface area contributed by atoms with Crippen molar-refractivity contribution in [3.8, 4) is 0 Å². The SMILES string of the molecule is Cc1c(NC(=O)[C@](Cl)(Cc2ccccc2)CC(C)C)cnc2c(F)cccc12. The van der Waals surface area contributed by atoms with Crippen molar-refractivity contribution in [3.63, 3.8) is 0 Å². The van der Waals surface area contributed by atoms with E-state index in [0.29, 0.717) is 29.4 Å². The molecule has 146 valence electrons. The summed E-state index contributed by atoms with van der Waals surface area (Å²) in [5, 5.41) is 3.60. The van der Waals surface area contributed by atoms with Gasteiger partial charge in [0.1, 0.15) is 16.2 Å². The third-order valence-electron chi connectivity index (χ3n) is 4.83.